The van der Waals surface area contributed by atoms with Gasteiger partial charge >= 0.3 is 5.97 Å². The van der Waals surface area contributed by atoms with Gasteiger partial charge < -0.3 is 10.1 Å². The van der Waals surface area contributed by atoms with E-state index in [1.807, 2.05) is 13.8 Å². The summed E-state index contributed by atoms with van der Waals surface area (Å²) < 4.78 is 30.1. The molecule has 27 heavy (non-hydrogen) atoms. The summed E-state index contributed by atoms with van der Waals surface area (Å²) in [6.45, 7) is 3.16. The van der Waals surface area contributed by atoms with Crippen LogP contribution >= 0.6 is 0 Å². The fourth-order valence-corrected chi connectivity index (χ4v) is 3.23. The molecule has 1 amide bonds. The molecule has 148 valence electrons. The Morgan fingerprint density at radius 2 is 1.93 bits per heavy atom. The van der Waals surface area contributed by atoms with E-state index in [0.717, 1.165) is 6.07 Å². The first-order valence-electron chi connectivity index (χ1n) is 8.24. The van der Waals surface area contributed by atoms with Crippen molar-refractivity contribution in [1.29, 1.82) is 0 Å². The fraction of sp³-hybridized carbons (Fsp3) is 0.444. The normalized spacial score (nSPS) is 11.7. The van der Waals surface area contributed by atoms with Crippen molar-refractivity contribution >= 4 is 21.9 Å². The lowest BCUT2D eigenvalue weighted by Gasteiger charge is -2.26. The zero-order chi connectivity index (χ0) is 20.7. The van der Waals surface area contributed by atoms with Crippen molar-refractivity contribution in [3.8, 4) is 12.3 Å². The number of esters is 1. The number of hydroxylamine groups is 1. The zero-order valence-electron chi connectivity index (χ0n) is 15.8. The predicted octanol–water partition coefficient (Wildman–Crippen LogP) is 1.33. The quantitative estimate of drug-likeness (QED) is 0.384. The summed E-state index contributed by atoms with van der Waals surface area (Å²) >= 11 is 0. The van der Waals surface area contributed by atoms with E-state index in [2.05, 4.69) is 16.1 Å². The van der Waals surface area contributed by atoms with Crippen molar-refractivity contribution in [1.82, 2.24) is 9.79 Å². The number of hydrogen-bond acceptors (Lipinski definition) is 6. The van der Waals surface area contributed by atoms with Crippen molar-refractivity contribution in [2.75, 3.05) is 20.8 Å². The first kappa shape index (κ1) is 22.6. The van der Waals surface area contributed by atoms with Gasteiger partial charge in [0, 0.05) is 7.05 Å². The molecule has 0 unspecified atom stereocenters. The van der Waals surface area contributed by atoms with Gasteiger partial charge in [-0.1, -0.05) is 30.3 Å². The Morgan fingerprint density at radius 1 is 1.30 bits per heavy atom. The van der Waals surface area contributed by atoms with Crippen molar-refractivity contribution in [3.63, 3.8) is 0 Å². The number of nitrogens with one attached hydrogen (secondary N) is 1. The van der Waals surface area contributed by atoms with Crippen molar-refractivity contribution < 1.29 is 27.6 Å². The molecule has 0 heterocycles. The van der Waals surface area contributed by atoms with Crippen LogP contribution in [0, 0.1) is 12.3 Å². The largest absolute Gasteiger partial charge is 0.452 e. The second-order valence-electron chi connectivity index (χ2n) is 5.68. The maximum absolute atomic E-state index is 12.2. The smallest absolute Gasteiger partial charge is 0.338 e. The molecule has 0 radical (unpaired) electrons. The number of carbonyl (C=O) groups excluding carboxylic acids is 2. The van der Waals surface area contributed by atoms with E-state index in [1.54, 1.807) is 0 Å². The van der Waals surface area contributed by atoms with E-state index < -0.39 is 34.0 Å². The van der Waals surface area contributed by atoms with Crippen LogP contribution in [0.4, 0.5) is 0 Å². The Bertz CT molecular complexity index is 824. The molecule has 0 atom stereocenters. The number of nitrogens with zero attached hydrogens (tertiary/aromatic N) is 1. The number of amides is 1. The van der Waals surface area contributed by atoms with E-state index in [-0.39, 0.29) is 10.5 Å². The molecule has 9 heteroatoms. The van der Waals surface area contributed by atoms with Gasteiger partial charge in [-0.25, -0.2) is 13.2 Å². The maximum Gasteiger partial charge on any atom is 0.338 e. The molecule has 0 fully saturated rings. The van der Waals surface area contributed by atoms with Gasteiger partial charge in [0.25, 0.3) is 15.9 Å². The summed E-state index contributed by atoms with van der Waals surface area (Å²) in [5, 5.41) is 2.67. The lowest BCUT2D eigenvalue weighted by molar-refractivity contribution is -0.125. The number of hydrogen-bond donors (Lipinski definition) is 1. The molecular formula is C18H24N2O6S. The number of sulfonamides is 1. The highest BCUT2D eigenvalue weighted by Gasteiger charge is 2.26. The Morgan fingerprint density at radius 3 is 2.44 bits per heavy atom. The molecule has 8 nitrogen and oxygen atoms in total. The SMILES string of the molecule is C#CC(CC)(CC)NC(=O)COC(=O)c1cccc(S(=O)(=O)N(C)OC)c1. The zero-order valence-corrected chi connectivity index (χ0v) is 16.6. The van der Waals surface area contributed by atoms with Gasteiger partial charge in [0.05, 0.1) is 17.6 Å². The summed E-state index contributed by atoms with van der Waals surface area (Å²) in [6, 6.07) is 5.24. The third-order valence-electron chi connectivity index (χ3n) is 4.16. The number of rotatable bonds is 9. The summed E-state index contributed by atoms with van der Waals surface area (Å²) in [7, 11) is -1.48. The van der Waals surface area contributed by atoms with Gasteiger partial charge in [-0.2, -0.15) is 0 Å². The number of ether oxygens (including phenoxy) is 1. The Labute approximate surface area is 159 Å². The first-order chi connectivity index (χ1) is 12.7. The second kappa shape index (κ2) is 9.50. The van der Waals surface area contributed by atoms with Gasteiger partial charge in [-0.05, 0) is 31.0 Å². The van der Waals surface area contributed by atoms with Crippen molar-refractivity contribution in [2.24, 2.45) is 0 Å². The average Bonchev–Trinajstić information content (AvgIpc) is 2.69. The van der Waals surface area contributed by atoms with Crippen LogP contribution in [-0.2, 0) is 24.4 Å². The van der Waals surface area contributed by atoms with Crippen LogP contribution in [0.5, 0.6) is 0 Å². The molecule has 0 aliphatic carbocycles. The highest BCUT2D eigenvalue weighted by atomic mass is 32.2. The number of benzene rings is 1. The monoisotopic (exact) mass is 396 g/mol. The van der Waals surface area contributed by atoms with Gasteiger partial charge in [0.1, 0.15) is 5.54 Å². The van der Waals surface area contributed by atoms with Gasteiger partial charge in [0.2, 0.25) is 0 Å². The molecular weight excluding hydrogens is 372 g/mol. The standard InChI is InChI=1S/C18H24N2O6S/c1-6-18(7-2,8-3)19-16(21)13-26-17(22)14-10-9-11-15(12-14)27(23,24)20(4)25-5/h1,9-12H,7-8,13H2,2-5H3,(H,19,21). The number of carbonyl (C=O) groups is 2. The van der Waals surface area contributed by atoms with Crippen molar-refractivity contribution in [2.45, 2.75) is 37.1 Å². The van der Waals surface area contributed by atoms with E-state index in [9.17, 15) is 18.0 Å². The van der Waals surface area contributed by atoms with Crippen LogP contribution in [0.3, 0.4) is 0 Å². The van der Waals surface area contributed by atoms with Gasteiger partial charge in [-0.3, -0.25) is 9.63 Å². The molecule has 0 aliphatic heterocycles. The molecule has 0 aromatic heterocycles. The summed E-state index contributed by atoms with van der Waals surface area (Å²) in [6.07, 6.45) is 6.54. The fourth-order valence-electron chi connectivity index (χ4n) is 2.21. The predicted molar refractivity (Wildman–Crippen MR) is 99.0 cm³/mol. The van der Waals surface area contributed by atoms with E-state index in [0.29, 0.717) is 17.3 Å². The summed E-state index contributed by atoms with van der Waals surface area (Å²) in [5.74, 6) is 1.18. The second-order valence-corrected chi connectivity index (χ2v) is 7.62. The summed E-state index contributed by atoms with van der Waals surface area (Å²) in [5.41, 5.74) is -0.801. The Hall–Kier alpha value is -2.41. The van der Waals surface area contributed by atoms with Crippen LogP contribution in [-0.4, -0.2) is 51.1 Å². The van der Waals surface area contributed by atoms with Crippen LogP contribution < -0.4 is 5.32 Å². The minimum atomic E-state index is -3.91. The highest BCUT2D eigenvalue weighted by molar-refractivity contribution is 7.89. The maximum atomic E-state index is 12.2. The molecule has 0 aliphatic rings. The average molecular weight is 396 g/mol. The topological polar surface area (TPSA) is 102 Å². The third-order valence-corrected chi connectivity index (χ3v) is 5.84. The van der Waals surface area contributed by atoms with E-state index in [1.165, 1.54) is 32.4 Å². The third kappa shape index (κ3) is 5.53. The molecule has 1 aromatic carbocycles. The molecule has 1 aromatic rings. The van der Waals surface area contributed by atoms with Crippen LogP contribution in [0.15, 0.2) is 29.2 Å². The van der Waals surface area contributed by atoms with Crippen molar-refractivity contribution in [3.05, 3.63) is 29.8 Å². The minimum Gasteiger partial charge on any atom is -0.452 e. The van der Waals surface area contributed by atoms with Gasteiger partial charge in [0.15, 0.2) is 6.61 Å². The molecule has 0 spiro atoms. The molecule has 1 N–H and O–H groups in total. The van der Waals surface area contributed by atoms with Crippen LogP contribution in [0.1, 0.15) is 37.0 Å². The summed E-state index contributed by atoms with van der Waals surface area (Å²) in [4.78, 5) is 28.7. The van der Waals surface area contributed by atoms with Crippen LogP contribution in [0.2, 0.25) is 0 Å². The van der Waals surface area contributed by atoms with Gasteiger partial charge in [-0.15, -0.1) is 6.42 Å². The molecule has 0 saturated heterocycles. The Balaban J connectivity index is 2.84. The van der Waals surface area contributed by atoms with E-state index in [4.69, 9.17) is 11.2 Å². The highest BCUT2D eigenvalue weighted by Crippen LogP contribution is 2.17. The Kier molecular flexibility index (Phi) is 7.97. The minimum absolute atomic E-state index is 0.0115. The lowest BCUT2D eigenvalue weighted by Crippen LogP contribution is -2.48. The molecule has 0 saturated carbocycles. The van der Waals surface area contributed by atoms with E-state index >= 15 is 0 Å². The molecule has 0 bridgehead atoms. The molecule has 1 rings (SSSR count). The van der Waals surface area contributed by atoms with Crippen LogP contribution in [0.25, 0.3) is 0 Å². The first-order valence-corrected chi connectivity index (χ1v) is 9.68. The lowest BCUT2D eigenvalue weighted by atomic mass is 9.94. The number of terminal acetylenes is 1.